The third-order valence-corrected chi connectivity index (χ3v) is 4.48. The Morgan fingerprint density at radius 1 is 1.53 bits per heavy atom. The van der Waals surface area contributed by atoms with Crippen LogP contribution in [0.3, 0.4) is 0 Å². The van der Waals surface area contributed by atoms with Crippen molar-refractivity contribution in [3.8, 4) is 0 Å². The van der Waals surface area contributed by atoms with E-state index in [2.05, 4.69) is 0 Å². The maximum Gasteiger partial charge on any atom is 0.239 e. The molecule has 0 bridgehead atoms. The molecule has 0 unspecified atom stereocenters. The number of rotatable bonds is 3. The van der Waals surface area contributed by atoms with Crippen molar-refractivity contribution in [3.05, 3.63) is 0 Å². The summed E-state index contributed by atoms with van der Waals surface area (Å²) in [5.41, 5.74) is 6.02. The Morgan fingerprint density at radius 3 is 2.71 bits per heavy atom. The molecule has 1 saturated heterocycles. The lowest BCUT2D eigenvalue weighted by atomic mass is 9.77. The highest BCUT2D eigenvalue weighted by atomic mass is 16.5. The second-order valence-corrected chi connectivity index (χ2v) is 5.73. The van der Waals surface area contributed by atoms with Crippen LogP contribution in [0.4, 0.5) is 0 Å². The molecule has 2 atom stereocenters. The lowest BCUT2D eigenvalue weighted by molar-refractivity contribution is -0.131. The van der Waals surface area contributed by atoms with Gasteiger partial charge in [-0.25, -0.2) is 0 Å². The van der Waals surface area contributed by atoms with Crippen LogP contribution < -0.4 is 5.73 Å². The summed E-state index contributed by atoms with van der Waals surface area (Å²) in [4.78, 5) is 14.0. The molecule has 2 fully saturated rings. The SMILES string of the molecule is COC[C@H]1CN(C(=O)[C@@H](C)N)CC12CCCC2. The second kappa shape index (κ2) is 4.94. The largest absolute Gasteiger partial charge is 0.384 e. The first-order chi connectivity index (χ1) is 8.09. The Bertz CT molecular complexity index is 285. The standard InChI is InChI=1S/C13H24N2O2/c1-10(14)12(16)15-7-11(8-17-2)13(9-15)5-3-4-6-13/h10-11H,3-9,14H2,1-2H3/t10-,11-/m1/s1. The van der Waals surface area contributed by atoms with E-state index in [1.165, 1.54) is 25.7 Å². The third-order valence-electron chi connectivity index (χ3n) is 4.48. The van der Waals surface area contributed by atoms with Crippen molar-refractivity contribution in [1.29, 1.82) is 0 Å². The molecule has 0 aromatic rings. The maximum atomic E-state index is 12.0. The van der Waals surface area contributed by atoms with E-state index < -0.39 is 0 Å². The van der Waals surface area contributed by atoms with Crippen molar-refractivity contribution in [2.75, 3.05) is 26.8 Å². The number of carbonyl (C=O) groups excluding carboxylic acids is 1. The van der Waals surface area contributed by atoms with Gasteiger partial charge in [0, 0.05) is 26.1 Å². The monoisotopic (exact) mass is 240 g/mol. The highest BCUT2D eigenvalue weighted by Crippen LogP contribution is 2.49. The first kappa shape index (κ1) is 12.8. The van der Waals surface area contributed by atoms with Crippen molar-refractivity contribution in [1.82, 2.24) is 4.90 Å². The zero-order valence-corrected chi connectivity index (χ0v) is 10.9. The van der Waals surface area contributed by atoms with E-state index in [4.69, 9.17) is 10.5 Å². The van der Waals surface area contributed by atoms with Gasteiger partial charge in [-0.1, -0.05) is 12.8 Å². The highest BCUT2D eigenvalue weighted by molar-refractivity contribution is 5.81. The van der Waals surface area contributed by atoms with Crippen LogP contribution >= 0.6 is 0 Å². The molecule has 1 aliphatic heterocycles. The van der Waals surface area contributed by atoms with Crippen molar-refractivity contribution in [3.63, 3.8) is 0 Å². The summed E-state index contributed by atoms with van der Waals surface area (Å²) in [7, 11) is 1.75. The Balaban J connectivity index is 2.09. The third kappa shape index (κ3) is 2.33. The number of carbonyl (C=O) groups is 1. The predicted molar refractivity (Wildman–Crippen MR) is 66.5 cm³/mol. The molecule has 0 aromatic carbocycles. The van der Waals surface area contributed by atoms with Crippen LogP contribution in [-0.2, 0) is 9.53 Å². The van der Waals surface area contributed by atoms with Gasteiger partial charge >= 0.3 is 0 Å². The average molecular weight is 240 g/mol. The Labute approximate surface area is 103 Å². The van der Waals surface area contributed by atoms with Gasteiger partial charge in [0.25, 0.3) is 0 Å². The van der Waals surface area contributed by atoms with Gasteiger partial charge in [0.2, 0.25) is 5.91 Å². The van der Waals surface area contributed by atoms with Crippen LogP contribution in [0.15, 0.2) is 0 Å². The average Bonchev–Trinajstić information content (AvgIpc) is 2.88. The molecule has 0 aromatic heterocycles. The summed E-state index contributed by atoms with van der Waals surface area (Å²) >= 11 is 0. The number of hydrogen-bond donors (Lipinski definition) is 1. The van der Waals surface area contributed by atoms with Crippen molar-refractivity contribution in [2.45, 2.75) is 38.6 Å². The second-order valence-electron chi connectivity index (χ2n) is 5.73. The molecule has 2 rings (SSSR count). The summed E-state index contributed by atoms with van der Waals surface area (Å²) in [5, 5.41) is 0. The van der Waals surface area contributed by atoms with Gasteiger partial charge in [-0.2, -0.15) is 0 Å². The van der Waals surface area contributed by atoms with E-state index in [0.29, 0.717) is 11.3 Å². The number of hydrogen-bond acceptors (Lipinski definition) is 3. The Morgan fingerprint density at radius 2 is 2.18 bits per heavy atom. The van der Waals surface area contributed by atoms with Gasteiger partial charge < -0.3 is 15.4 Å². The number of nitrogens with two attached hydrogens (primary N) is 1. The lowest BCUT2D eigenvalue weighted by Gasteiger charge is -2.29. The van der Waals surface area contributed by atoms with Crippen LogP contribution in [0.1, 0.15) is 32.6 Å². The summed E-state index contributed by atoms with van der Waals surface area (Å²) < 4.78 is 5.33. The van der Waals surface area contributed by atoms with E-state index in [1.807, 2.05) is 4.90 Å². The van der Waals surface area contributed by atoms with Gasteiger partial charge in [-0.3, -0.25) is 4.79 Å². The predicted octanol–water partition coefficient (Wildman–Crippen LogP) is 0.999. The molecular formula is C13H24N2O2. The molecule has 1 amide bonds. The first-order valence-corrected chi connectivity index (χ1v) is 6.62. The fraction of sp³-hybridized carbons (Fsp3) is 0.923. The van der Waals surface area contributed by atoms with Gasteiger partial charge in [-0.05, 0) is 25.2 Å². The first-order valence-electron chi connectivity index (χ1n) is 6.62. The molecule has 4 nitrogen and oxygen atoms in total. The number of amides is 1. The summed E-state index contributed by atoms with van der Waals surface area (Å²) in [6, 6.07) is -0.380. The van der Waals surface area contributed by atoms with Gasteiger partial charge in [0.05, 0.1) is 12.6 Å². The highest BCUT2D eigenvalue weighted by Gasteiger charge is 2.49. The lowest BCUT2D eigenvalue weighted by Crippen LogP contribution is -2.41. The fourth-order valence-corrected chi connectivity index (χ4v) is 3.57. The summed E-state index contributed by atoms with van der Waals surface area (Å²) in [5.74, 6) is 0.590. The zero-order valence-electron chi connectivity index (χ0n) is 10.9. The minimum Gasteiger partial charge on any atom is -0.384 e. The smallest absolute Gasteiger partial charge is 0.239 e. The van der Waals surface area contributed by atoms with Crippen molar-refractivity contribution >= 4 is 5.91 Å². The molecule has 0 radical (unpaired) electrons. The van der Waals surface area contributed by atoms with Crippen LogP contribution in [-0.4, -0.2) is 43.7 Å². The molecule has 1 heterocycles. The van der Waals surface area contributed by atoms with Crippen LogP contribution in [0.25, 0.3) is 0 Å². The zero-order chi connectivity index (χ0) is 12.5. The Kier molecular flexibility index (Phi) is 3.73. The fourth-order valence-electron chi connectivity index (χ4n) is 3.57. The minimum atomic E-state index is -0.380. The van der Waals surface area contributed by atoms with Crippen molar-refractivity contribution in [2.24, 2.45) is 17.1 Å². The van der Waals surface area contributed by atoms with Crippen LogP contribution in [0.5, 0.6) is 0 Å². The minimum absolute atomic E-state index is 0.0925. The summed E-state index contributed by atoms with van der Waals surface area (Å²) in [6.07, 6.45) is 5.06. The van der Waals surface area contributed by atoms with Gasteiger partial charge in [0.1, 0.15) is 0 Å². The van der Waals surface area contributed by atoms with Crippen LogP contribution in [0.2, 0.25) is 0 Å². The Hall–Kier alpha value is -0.610. The van der Waals surface area contributed by atoms with Crippen LogP contribution in [0, 0.1) is 11.3 Å². The van der Waals surface area contributed by atoms with Crippen molar-refractivity contribution < 1.29 is 9.53 Å². The van der Waals surface area contributed by atoms with E-state index in [1.54, 1.807) is 14.0 Å². The molecule has 1 aliphatic carbocycles. The molecule has 17 heavy (non-hydrogen) atoms. The maximum absolute atomic E-state index is 12.0. The number of nitrogens with zero attached hydrogens (tertiary/aromatic N) is 1. The molecule has 2 aliphatic rings. The normalized spacial score (nSPS) is 28.9. The molecular weight excluding hydrogens is 216 g/mol. The van der Waals surface area contributed by atoms with Gasteiger partial charge in [-0.15, -0.1) is 0 Å². The number of methoxy groups -OCH3 is 1. The number of ether oxygens (including phenoxy) is 1. The molecule has 98 valence electrons. The number of likely N-dealkylation sites (tertiary alicyclic amines) is 1. The van der Waals surface area contributed by atoms with E-state index in [-0.39, 0.29) is 11.9 Å². The molecule has 2 N–H and O–H groups in total. The van der Waals surface area contributed by atoms with E-state index >= 15 is 0 Å². The van der Waals surface area contributed by atoms with Gasteiger partial charge in [0.15, 0.2) is 0 Å². The summed E-state index contributed by atoms with van der Waals surface area (Å²) in [6.45, 7) is 4.26. The molecule has 1 spiro atoms. The molecule has 1 saturated carbocycles. The molecule has 4 heteroatoms. The quantitative estimate of drug-likeness (QED) is 0.800. The van der Waals surface area contributed by atoms with E-state index in [0.717, 1.165) is 19.7 Å². The topological polar surface area (TPSA) is 55.6 Å². The van der Waals surface area contributed by atoms with E-state index in [9.17, 15) is 4.79 Å².